The van der Waals surface area contributed by atoms with Gasteiger partial charge >= 0.3 is 0 Å². The second kappa shape index (κ2) is 16.0. The first-order valence-corrected chi connectivity index (χ1v) is 13.2. The fourth-order valence-corrected chi connectivity index (χ4v) is 4.36. The molecule has 0 saturated carbocycles. The average molecular weight is 492 g/mol. The molecule has 0 heterocycles. The standard InChI is InChI=1S/C31H41NO4/c33-25-28-23-27(18-19-30(28)34)31(35)24-32(29-16-7-4-8-17-29)20-10-1-2-11-21-36-22-12-9-15-26-13-5-3-6-14-26/h3-8,13-14,16-19,23,31,33-35H,1-2,9-12,15,20-22,24-25H2. The molecule has 0 aliphatic carbocycles. The van der Waals surface area contributed by atoms with Crippen LogP contribution in [0.15, 0.2) is 78.9 Å². The topological polar surface area (TPSA) is 73.2 Å². The lowest BCUT2D eigenvalue weighted by molar-refractivity contribution is 0.126. The molecule has 36 heavy (non-hydrogen) atoms. The summed E-state index contributed by atoms with van der Waals surface area (Å²) in [6.45, 7) is 2.70. The number of rotatable bonds is 17. The first-order valence-electron chi connectivity index (χ1n) is 13.2. The van der Waals surface area contributed by atoms with Gasteiger partial charge in [0.25, 0.3) is 0 Å². The van der Waals surface area contributed by atoms with Crippen LogP contribution in [0.25, 0.3) is 0 Å². The predicted molar refractivity (Wildman–Crippen MR) is 146 cm³/mol. The van der Waals surface area contributed by atoms with Crippen molar-refractivity contribution in [2.24, 2.45) is 0 Å². The number of aliphatic hydroxyl groups is 2. The summed E-state index contributed by atoms with van der Waals surface area (Å²) < 4.78 is 5.82. The lowest BCUT2D eigenvalue weighted by Crippen LogP contribution is -2.29. The number of aromatic hydroxyl groups is 1. The summed E-state index contributed by atoms with van der Waals surface area (Å²) in [5.74, 6) is 0.0459. The molecule has 3 aromatic rings. The normalized spacial score (nSPS) is 11.9. The Labute approximate surface area is 216 Å². The van der Waals surface area contributed by atoms with Crippen LogP contribution in [0.4, 0.5) is 5.69 Å². The number of nitrogens with zero attached hydrogens (tertiary/aromatic N) is 1. The van der Waals surface area contributed by atoms with Crippen LogP contribution < -0.4 is 4.90 Å². The maximum atomic E-state index is 10.9. The van der Waals surface area contributed by atoms with E-state index < -0.39 is 6.10 Å². The number of anilines is 1. The fraction of sp³-hybridized carbons (Fsp3) is 0.419. The van der Waals surface area contributed by atoms with Gasteiger partial charge in [-0.1, -0.05) is 67.4 Å². The van der Waals surface area contributed by atoms with Gasteiger partial charge in [-0.2, -0.15) is 0 Å². The quantitative estimate of drug-likeness (QED) is 0.201. The molecule has 3 aromatic carbocycles. The zero-order valence-corrected chi connectivity index (χ0v) is 21.3. The second-order valence-corrected chi connectivity index (χ2v) is 9.31. The molecular weight excluding hydrogens is 450 g/mol. The molecule has 0 amide bonds. The maximum absolute atomic E-state index is 10.9. The van der Waals surface area contributed by atoms with E-state index in [1.165, 1.54) is 11.6 Å². The van der Waals surface area contributed by atoms with E-state index in [-0.39, 0.29) is 12.4 Å². The summed E-state index contributed by atoms with van der Waals surface area (Å²) in [5, 5.41) is 30.1. The van der Waals surface area contributed by atoms with E-state index in [1.807, 2.05) is 18.2 Å². The molecule has 3 N–H and O–H groups in total. The van der Waals surface area contributed by atoms with Crippen LogP contribution in [0.5, 0.6) is 5.75 Å². The third kappa shape index (κ3) is 9.65. The Morgan fingerprint density at radius 1 is 0.750 bits per heavy atom. The minimum Gasteiger partial charge on any atom is -0.508 e. The summed E-state index contributed by atoms with van der Waals surface area (Å²) in [6.07, 6.45) is 7.02. The van der Waals surface area contributed by atoms with Gasteiger partial charge in [-0.25, -0.2) is 0 Å². The summed E-state index contributed by atoms with van der Waals surface area (Å²) in [6, 6.07) is 25.7. The largest absolute Gasteiger partial charge is 0.508 e. The number of unbranched alkanes of at least 4 members (excludes halogenated alkanes) is 4. The van der Waals surface area contributed by atoms with Crippen molar-refractivity contribution in [3.05, 3.63) is 95.6 Å². The van der Waals surface area contributed by atoms with Crippen LogP contribution in [-0.4, -0.2) is 41.6 Å². The van der Waals surface area contributed by atoms with Crippen molar-refractivity contribution in [2.45, 2.75) is 57.7 Å². The van der Waals surface area contributed by atoms with Gasteiger partial charge in [0, 0.05) is 37.6 Å². The van der Waals surface area contributed by atoms with Crippen molar-refractivity contribution in [3.8, 4) is 5.75 Å². The molecule has 0 saturated heterocycles. The molecule has 194 valence electrons. The average Bonchev–Trinajstić information content (AvgIpc) is 2.92. The number of ether oxygens (including phenoxy) is 1. The number of hydrogen-bond donors (Lipinski definition) is 3. The van der Waals surface area contributed by atoms with E-state index in [1.54, 1.807) is 12.1 Å². The maximum Gasteiger partial charge on any atom is 0.121 e. The molecular formula is C31H41NO4. The van der Waals surface area contributed by atoms with Gasteiger partial charge in [-0.15, -0.1) is 0 Å². The molecule has 0 bridgehead atoms. The molecule has 1 unspecified atom stereocenters. The van der Waals surface area contributed by atoms with Crippen molar-refractivity contribution >= 4 is 5.69 Å². The molecule has 1 atom stereocenters. The number of hydrogen-bond acceptors (Lipinski definition) is 5. The van der Waals surface area contributed by atoms with Gasteiger partial charge in [0.05, 0.1) is 12.7 Å². The van der Waals surface area contributed by atoms with Crippen molar-refractivity contribution in [2.75, 3.05) is 31.2 Å². The van der Waals surface area contributed by atoms with E-state index in [0.29, 0.717) is 17.7 Å². The van der Waals surface area contributed by atoms with Crippen molar-refractivity contribution in [3.63, 3.8) is 0 Å². The minimum atomic E-state index is -0.716. The second-order valence-electron chi connectivity index (χ2n) is 9.31. The highest BCUT2D eigenvalue weighted by atomic mass is 16.5. The van der Waals surface area contributed by atoms with Crippen LogP contribution in [0.1, 0.15) is 61.3 Å². The summed E-state index contributed by atoms with van der Waals surface area (Å²) in [5.41, 5.74) is 3.60. The molecule has 5 nitrogen and oxygen atoms in total. The Hall–Kier alpha value is -2.86. The first-order chi connectivity index (χ1) is 17.7. The Morgan fingerprint density at radius 2 is 1.42 bits per heavy atom. The Balaban J connectivity index is 1.34. The molecule has 0 aromatic heterocycles. The summed E-state index contributed by atoms with van der Waals surface area (Å²) >= 11 is 0. The van der Waals surface area contributed by atoms with E-state index in [4.69, 9.17) is 4.74 Å². The van der Waals surface area contributed by atoms with E-state index in [9.17, 15) is 15.3 Å². The highest BCUT2D eigenvalue weighted by Gasteiger charge is 2.15. The first kappa shape index (κ1) is 27.7. The lowest BCUT2D eigenvalue weighted by atomic mass is 10.0. The van der Waals surface area contributed by atoms with Crippen LogP contribution in [-0.2, 0) is 17.8 Å². The van der Waals surface area contributed by atoms with Crippen molar-refractivity contribution in [1.29, 1.82) is 0 Å². The lowest BCUT2D eigenvalue weighted by Gasteiger charge is -2.28. The van der Waals surface area contributed by atoms with Gasteiger partial charge in [-0.3, -0.25) is 0 Å². The molecule has 0 aliphatic rings. The molecule has 0 radical (unpaired) electrons. The molecule has 5 heteroatoms. The smallest absolute Gasteiger partial charge is 0.121 e. The fourth-order valence-electron chi connectivity index (χ4n) is 4.36. The van der Waals surface area contributed by atoms with Crippen molar-refractivity contribution < 1.29 is 20.1 Å². The summed E-state index contributed by atoms with van der Waals surface area (Å²) in [7, 11) is 0. The molecule has 0 aliphatic heterocycles. The van der Waals surface area contributed by atoms with Gasteiger partial charge in [0.15, 0.2) is 0 Å². The Bertz CT molecular complexity index is 980. The van der Waals surface area contributed by atoms with Gasteiger partial charge in [-0.05, 0) is 67.5 Å². The third-order valence-electron chi connectivity index (χ3n) is 6.49. The zero-order valence-electron chi connectivity index (χ0n) is 21.3. The van der Waals surface area contributed by atoms with E-state index >= 15 is 0 Å². The number of aliphatic hydroxyl groups excluding tert-OH is 2. The van der Waals surface area contributed by atoms with E-state index in [2.05, 4.69) is 47.4 Å². The highest BCUT2D eigenvalue weighted by molar-refractivity contribution is 5.46. The number of benzene rings is 3. The predicted octanol–water partition coefficient (Wildman–Crippen LogP) is 6.02. The van der Waals surface area contributed by atoms with Gasteiger partial charge in [0.2, 0.25) is 0 Å². The number of aryl methyl sites for hydroxylation is 1. The zero-order chi connectivity index (χ0) is 25.4. The Kier molecular flexibility index (Phi) is 12.3. The van der Waals surface area contributed by atoms with E-state index in [0.717, 1.165) is 70.4 Å². The molecule has 0 spiro atoms. The molecule has 3 rings (SSSR count). The monoisotopic (exact) mass is 491 g/mol. The number of phenols is 1. The SMILES string of the molecule is OCc1cc(C(O)CN(CCCCCCOCCCCc2ccccc2)c2ccccc2)ccc1O. The summed E-state index contributed by atoms with van der Waals surface area (Å²) in [4.78, 5) is 2.21. The van der Waals surface area contributed by atoms with Crippen molar-refractivity contribution in [1.82, 2.24) is 0 Å². The number of para-hydroxylation sites is 1. The van der Waals surface area contributed by atoms with Crippen LogP contribution in [0.3, 0.4) is 0 Å². The highest BCUT2D eigenvalue weighted by Crippen LogP contribution is 2.25. The van der Waals surface area contributed by atoms with Gasteiger partial charge in [0.1, 0.15) is 5.75 Å². The van der Waals surface area contributed by atoms with Gasteiger partial charge < -0.3 is 25.0 Å². The molecule has 0 fully saturated rings. The van der Waals surface area contributed by atoms with Crippen LogP contribution >= 0.6 is 0 Å². The third-order valence-corrected chi connectivity index (χ3v) is 6.49. The minimum absolute atomic E-state index is 0.0459. The van der Waals surface area contributed by atoms with Crippen LogP contribution in [0.2, 0.25) is 0 Å². The Morgan fingerprint density at radius 3 is 2.14 bits per heavy atom. The van der Waals surface area contributed by atoms with Crippen LogP contribution in [0, 0.1) is 0 Å².